The maximum atomic E-state index is 3.85. The van der Waals surface area contributed by atoms with Crippen molar-refractivity contribution in [2.75, 3.05) is 37.7 Å². The third-order valence-corrected chi connectivity index (χ3v) is 5.86. The van der Waals surface area contributed by atoms with Crippen LogP contribution in [0.15, 0.2) is 0 Å². The second-order valence-electron chi connectivity index (χ2n) is 6.28. The van der Waals surface area contributed by atoms with Crippen LogP contribution in [0.1, 0.15) is 38.5 Å². The van der Waals surface area contributed by atoms with Gasteiger partial charge < -0.3 is 10.2 Å². The van der Waals surface area contributed by atoms with Crippen LogP contribution < -0.4 is 5.32 Å². The van der Waals surface area contributed by atoms with E-state index in [4.69, 9.17) is 0 Å². The molecule has 0 aromatic carbocycles. The van der Waals surface area contributed by atoms with Crippen molar-refractivity contribution < 1.29 is 0 Å². The number of likely N-dealkylation sites (tertiary alicyclic amines) is 1. The molecular formula is C14H26N2S. The Morgan fingerprint density at radius 3 is 2.65 bits per heavy atom. The molecule has 2 saturated heterocycles. The highest BCUT2D eigenvalue weighted by Crippen LogP contribution is 2.46. The molecule has 0 amide bonds. The summed E-state index contributed by atoms with van der Waals surface area (Å²) in [7, 11) is 0. The number of hydrogen-bond donors (Lipinski definition) is 1. The molecule has 2 nitrogen and oxygen atoms in total. The SMILES string of the molecule is C1CSC[C@@H](NCC2(CN3CCCC3)CC2)C1. The van der Waals surface area contributed by atoms with E-state index in [1.165, 1.54) is 76.2 Å². The Morgan fingerprint density at radius 2 is 2.00 bits per heavy atom. The third kappa shape index (κ3) is 3.39. The lowest BCUT2D eigenvalue weighted by Crippen LogP contribution is -2.41. The quantitative estimate of drug-likeness (QED) is 0.811. The first-order valence-corrected chi connectivity index (χ1v) is 8.55. The average Bonchev–Trinajstić information content (AvgIpc) is 2.93. The maximum Gasteiger partial charge on any atom is 0.0158 e. The van der Waals surface area contributed by atoms with Crippen molar-refractivity contribution in [2.24, 2.45) is 5.41 Å². The van der Waals surface area contributed by atoms with Crippen LogP contribution in [0.3, 0.4) is 0 Å². The molecule has 3 fully saturated rings. The Morgan fingerprint density at radius 1 is 1.18 bits per heavy atom. The summed E-state index contributed by atoms with van der Waals surface area (Å²) < 4.78 is 0. The number of hydrogen-bond acceptors (Lipinski definition) is 3. The highest BCUT2D eigenvalue weighted by Gasteiger charge is 2.44. The zero-order valence-electron chi connectivity index (χ0n) is 10.9. The van der Waals surface area contributed by atoms with Gasteiger partial charge in [0.15, 0.2) is 0 Å². The second-order valence-corrected chi connectivity index (χ2v) is 7.43. The van der Waals surface area contributed by atoms with Gasteiger partial charge in [0, 0.05) is 24.9 Å². The van der Waals surface area contributed by atoms with Gasteiger partial charge in [0.1, 0.15) is 0 Å². The molecule has 1 saturated carbocycles. The lowest BCUT2D eigenvalue weighted by atomic mass is 10.1. The van der Waals surface area contributed by atoms with Gasteiger partial charge in [-0.25, -0.2) is 0 Å². The predicted molar refractivity (Wildman–Crippen MR) is 75.7 cm³/mol. The molecule has 2 heterocycles. The van der Waals surface area contributed by atoms with Crippen molar-refractivity contribution in [3.63, 3.8) is 0 Å². The fourth-order valence-electron chi connectivity index (χ4n) is 3.25. The number of thioether (sulfide) groups is 1. The van der Waals surface area contributed by atoms with Crippen LogP contribution in [0, 0.1) is 5.41 Å². The minimum absolute atomic E-state index is 0.673. The molecule has 17 heavy (non-hydrogen) atoms. The monoisotopic (exact) mass is 254 g/mol. The highest BCUT2D eigenvalue weighted by atomic mass is 32.2. The van der Waals surface area contributed by atoms with Gasteiger partial charge in [-0.1, -0.05) is 0 Å². The third-order valence-electron chi connectivity index (χ3n) is 4.64. The Bertz CT molecular complexity index is 241. The van der Waals surface area contributed by atoms with Crippen LogP contribution in [0.5, 0.6) is 0 Å². The van der Waals surface area contributed by atoms with Crippen LogP contribution in [-0.2, 0) is 0 Å². The maximum absolute atomic E-state index is 3.85. The molecule has 1 atom stereocenters. The molecule has 0 spiro atoms. The lowest BCUT2D eigenvalue weighted by molar-refractivity contribution is 0.252. The summed E-state index contributed by atoms with van der Waals surface area (Å²) in [6.07, 6.45) is 8.63. The Balaban J connectivity index is 1.40. The fraction of sp³-hybridized carbons (Fsp3) is 1.00. The van der Waals surface area contributed by atoms with Gasteiger partial charge in [-0.05, 0) is 62.8 Å². The first-order chi connectivity index (χ1) is 8.36. The number of nitrogens with one attached hydrogen (secondary N) is 1. The molecule has 1 N–H and O–H groups in total. The van der Waals surface area contributed by atoms with Crippen LogP contribution in [0.4, 0.5) is 0 Å². The minimum atomic E-state index is 0.673. The molecule has 0 bridgehead atoms. The smallest absolute Gasteiger partial charge is 0.0158 e. The van der Waals surface area contributed by atoms with Gasteiger partial charge in [-0.3, -0.25) is 0 Å². The molecule has 0 aromatic heterocycles. The summed E-state index contributed by atoms with van der Waals surface area (Å²) in [5, 5.41) is 3.85. The summed E-state index contributed by atoms with van der Waals surface area (Å²) in [6, 6.07) is 0.810. The Kier molecular flexibility index (Phi) is 3.98. The van der Waals surface area contributed by atoms with Crippen LogP contribution in [-0.4, -0.2) is 48.6 Å². The van der Waals surface area contributed by atoms with E-state index < -0.39 is 0 Å². The molecule has 0 aromatic rings. The molecule has 3 aliphatic rings. The molecule has 98 valence electrons. The van der Waals surface area contributed by atoms with Gasteiger partial charge in [0.2, 0.25) is 0 Å². The average molecular weight is 254 g/mol. The first-order valence-electron chi connectivity index (χ1n) is 7.40. The van der Waals surface area contributed by atoms with Crippen molar-refractivity contribution in [3.05, 3.63) is 0 Å². The van der Waals surface area contributed by atoms with Gasteiger partial charge in [0.05, 0.1) is 0 Å². The topological polar surface area (TPSA) is 15.3 Å². The van der Waals surface area contributed by atoms with E-state index in [1.807, 2.05) is 0 Å². The Labute approximate surface area is 110 Å². The van der Waals surface area contributed by atoms with Gasteiger partial charge >= 0.3 is 0 Å². The van der Waals surface area contributed by atoms with Crippen molar-refractivity contribution in [1.82, 2.24) is 10.2 Å². The molecule has 0 unspecified atom stereocenters. The lowest BCUT2D eigenvalue weighted by Gasteiger charge is -2.28. The largest absolute Gasteiger partial charge is 0.313 e. The highest BCUT2D eigenvalue weighted by molar-refractivity contribution is 7.99. The molecule has 2 aliphatic heterocycles. The van der Waals surface area contributed by atoms with Gasteiger partial charge in [-0.2, -0.15) is 11.8 Å². The summed E-state index contributed by atoms with van der Waals surface area (Å²) in [6.45, 7) is 5.39. The summed E-state index contributed by atoms with van der Waals surface area (Å²) in [5.74, 6) is 2.73. The van der Waals surface area contributed by atoms with Crippen LogP contribution in [0.25, 0.3) is 0 Å². The number of nitrogens with zero attached hydrogens (tertiary/aromatic N) is 1. The van der Waals surface area contributed by atoms with Gasteiger partial charge in [-0.15, -0.1) is 0 Å². The van der Waals surface area contributed by atoms with Crippen molar-refractivity contribution in [1.29, 1.82) is 0 Å². The summed E-state index contributed by atoms with van der Waals surface area (Å²) >= 11 is 2.13. The predicted octanol–water partition coefficient (Wildman–Crippen LogP) is 2.35. The van der Waals surface area contributed by atoms with Crippen LogP contribution >= 0.6 is 11.8 Å². The van der Waals surface area contributed by atoms with E-state index in [9.17, 15) is 0 Å². The fourth-order valence-corrected chi connectivity index (χ4v) is 4.35. The molecule has 3 heteroatoms. The number of rotatable bonds is 5. The van der Waals surface area contributed by atoms with E-state index in [0.717, 1.165) is 6.04 Å². The molecule has 1 aliphatic carbocycles. The second kappa shape index (κ2) is 5.50. The molecule has 3 rings (SSSR count). The van der Waals surface area contributed by atoms with E-state index in [2.05, 4.69) is 22.0 Å². The van der Waals surface area contributed by atoms with E-state index in [0.29, 0.717) is 5.41 Å². The standard InChI is InChI=1S/C14H26N2S/c1-2-8-16(7-1)12-14(5-6-14)11-15-13-4-3-9-17-10-13/h13,15H,1-12H2/t13-/m0/s1. The first kappa shape index (κ1) is 12.3. The van der Waals surface area contributed by atoms with E-state index in [-0.39, 0.29) is 0 Å². The summed E-state index contributed by atoms with van der Waals surface area (Å²) in [5.41, 5.74) is 0.673. The van der Waals surface area contributed by atoms with Crippen molar-refractivity contribution in [3.8, 4) is 0 Å². The van der Waals surface area contributed by atoms with Gasteiger partial charge in [0.25, 0.3) is 0 Å². The molecular weight excluding hydrogens is 228 g/mol. The minimum Gasteiger partial charge on any atom is -0.313 e. The van der Waals surface area contributed by atoms with Crippen molar-refractivity contribution >= 4 is 11.8 Å². The Hall–Kier alpha value is 0.270. The van der Waals surface area contributed by atoms with Crippen molar-refractivity contribution in [2.45, 2.75) is 44.6 Å². The molecule has 0 radical (unpaired) electrons. The normalized spacial score (nSPS) is 32.8. The van der Waals surface area contributed by atoms with Crippen LogP contribution in [0.2, 0.25) is 0 Å². The van der Waals surface area contributed by atoms with E-state index >= 15 is 0 Å². The zero-order valence-corrected chi connectivity index (χ0v) is 11.7. The van der Waals surface area contributed by atoms with E-state index in [1.54, 1.807) is 0 Å². The zero-order chi connectivity index (χ0) is 11.6. The summed E-state index contributed by atoms with van der Waals surface area (Å²) in [4.78, 5) is 2.70.